The van der Waals surface area contributed by atoms with Crippen LogP contribution in [0.4, 0.5) is 5.69 Å². The molecule has 3 aromatic heterocycles. The van der Waals surface area contributed by atoms with Crippen molar-refractivity contribution in [3.8, 4) is 11.3 Å². The van der Waals surface area contributed by atoms with Gasteiger partial charge in [0.25, 0.3) is 0 Å². The maximum absolute atomic E-state index is 12.8. The molecule has 0 atom stereocenters. The zero-order valence-electron chi connectivity index (χ0n) is 17.5. The van der Waals surface area contributed by atoms with E-state index in [0.29, 0.717) is 11.2 Å². The predicted octanol–water partition coefficient (Wildman–Crippen LogP) is 2.24. The molecule has 1 amide bonds. The highest BCUT2D eigenvalue weighted by molar-refractivity contribution is 6.01. The summed E-state index contributed by atoms with van der Waals surface area (Å²) in [6.45, 7) is -0.331. The molecule has 0 fully saturated rings. The molecule has 0 unspecified atom stereocenters. The molecule has 0 saturated carbocycles. The normalized spacial score (nSPS) is 11.1. The van der Waals surface area contributed by atoms with Gasteiger partial charge in [-0.2, -0.15) is 5.10 Å². The highest BCUT2D eigenvalue weighted by atomic mass is 16.5. The third-order valence-electron chi connectivity index (χ3n) is 5.16. The van der Waals surface area contributed by atoms with E-state index >= 15 is 0 Å². The third-order valence-corrected chi connectivity index (χ3v) is 5.16. The van der Waals surface area contributed by atoms with E-state index in [9.17, 15) is 14.4 Å². The Morgan fingerprint density at radius 1 is 1.00 bits per heavy atom. The number of rotatable bonds is 5. The second-order valence-corrected chi connectivity index (χ2v) is 7.24. The van der Waals surface area contributed by atoms with E-state index in [-0.39, 0.29) is 17.8 Å². The lowest BCUT2D eigenvalue weighted by atomic mass is 10.1. The number of esters is 1. The van der Waals surface area contributed by atoms with Crippen LogP contribution in [0.2, 0.25) is 0 Å². The van der Waals surface area contributed by atoms with Crippen LogP contribution in [-0.4, -0.2) is 42.8 Å². The van der Waals surface area contributed by atoms with E-state index in [1.54, 1.807) is 41.2 Å². The number of anilines is 1. The Labute approximate surface area is 186 Å². The highest BCUT2D eigenvalue weighted by Gasteiger charge is 2.17. The van der Waals surface area contributed by atoms with E-state index in [1.165, 1.54) is 11.5 Å². The van der Waals surface area contributed by atoms with Crippen LogP contribution in [-0.2, 0) is 16.1 Å². The van der Waals surface area contributed by atoms with E-state index in [4.69, 9.17) is 4.74 Å². The van der Waals surface area contributed by atoms with Gasteiger partial charge in [0.1, 0.15) is 12.1 Å². The topological polar surface area (TPSA) is 112 Å². The van der Waals surface area contributed by atoms with Gasteiger partial charge >= 0.3 is 11.7 Å². The van der Waals surface area contributed by atoms with Crippen molar-refractivity contribution in [2.45, 2.75) is 6.54 Å². The fourth-order valence-electron chi connectivity index (χ4n) is 3.59. The molecule has 164 valence electrons. The van der Waals surface area contributed by atoms with Crippen molar-refractivity contribution in [1.82, 2.24) is 23.8 Å². The van der Waals surface area contributed by atoms with E-state index in [1.807, 2.05) is 36.4 Å². The Balaban J connectivity index is 1.47. The summed E-state index contributed by atoms with van der Waals surface area (Å²) in [6, 6.07) is 18.0. The first-order valence-electron chi connectivity index (χ1n) is 10.1. The number of carbonyl (C=O) groups is 2. The second-order valence-electron chi connectivity index (χ2n) is 7.24. The summed E-state index contributed by atoms with van der Waals surface area (Å²) in [4.78, 5) is 37.4. The minimum atomic E-state index is -0.576. The molecule has 33 heavy (non-hydrogen) atoms. The molecule has 0 aliphatic carbocycles. The number of para-hydroxylation sites is 1. The van der Waals surface area contributed by atoms with Crippen molar-refractivity contribution < 1.29 is 14.3 Å². The fraction of sp³-hybridized carbons (Fsp3) is 0.0870. The Morgan fingerprint density at radius 2 is 1.76 bits per heavy atom. The number of methoxy groups -OCH3 is 1. The first kappa shape index (κ1) is 20.2. The van der Waals surface area contributed by atoms with Crippen LogP contribution in [0.15, 0.2) is 77.9 Å². The van der Waals surface area contributed by atoms with Gasteiger partial charge in [-0.25, -0.2) is 23.2 Å². The van der Waals surface area contributed by atoms with E-state index in [0.717, 1.165) is 15.9 Å². The molecule has 0 aliphatic rings. The van der Waals surface area contributed by atoms with Crippen molar-refractivity contribution in [2.24, 2.45) is 0 Å². The first-order valence-corrected chi connectivity index (χ1v) is 10.1. The molecular weight excluding hydrogens is 424 g/mol. The van der Waals surface area contributed by atoms with Gasteiger partial charge in [0.15, 0.2) is 5.65 Å². The average Bonchev–Trinajstić information content (AvgIpc) is 3.41. The predicted molar refractivity (Wildman–Crippen MR) is 120 cm³/mol. The number of aromatic nitrogens is 5. The largest absolute Gasteiger partial charge is 0.465 e. The summed E-state index contributed by atoms with van der Waals surface area (Å²) in [5, 5.41) is 11.6. The van der Waals surface area contributed by atoms with E-state index < -0.39 is 17.6 Å². The standard InChI is InChI=1S/C23H18N6O4/c1-33-22(31)16-9-5-6-10-17(16)24-20(30)14-29-23(32)27-11-12-28-19(21(27)26-29)13-18(25-28)15-7-3-2-4-8-15/h2-13H,14H2,1H3,(H,24,30). The number of benzene rings is 2. The van der Waals surface area contributed by atoms with Crippen LogP contribution in [0.3, 0.4) is 0 Å². The molecule has 10 nitrogen and oxygen atoms in total. The number of nitrogens with zero attached hydrogens (tertiary/aromatic N) is 5. The molecule has 3 heterocycles. The lowest BCUT2D eigenvalue weighted by Crippen LogP contribution is -2.28. The molecular formula is C23H18N6O4. The summed E-state index contributed by atoms with van der Waals surface area (Å²) in [5.41, 5.74) is 2.71. The number of fused-ring (bicyclic) bond motifs is 3. The quantitative estimate of drug-likeness (QED) is 0.418. The van der Waals surface area contributed by atoms with Crippen LogP contribution in [0.5, 0.6) is 0 Å². The molecule has 0 spiro atoms. The number of hydrogen-bond acceptors (Lipinski definition) is 6. The number of nitrogens with one attached hydrogen (secondary N) is 1. The third kappa shape index (κ3) is 3.63. The minimum absolute atomic E-state index is 0.213. The van der Waals surface area contributed by atoms with Crippen molar-refractivity contribution in [1.29, 1.82) is 0 Å². The van der Waals surface area contributed by atoms with Crippen LogP contribution < -0.4 is 11.0 Å². The smallest absolute Gasteiger partial charge is 0.350 e. The average molecular weight is 442 g/mol. The lowest BCUT2D eigenvalue weighted by Gasteiger charge is -2.09. The minimum Gasteiger partial charge on any atom is -0.465 e. The second kappa shape index (κ2) is 8.08. The summed E-state index contributed by atoms with van der Waals surface area (Å²) in [6.07, 6.45) is 3.22. The molecule has 1 N–H and O–H groups in total. The molecule has 0 aliphatic heterocycles. The molecule has 2 aromatic carbocycles. The molecule has 5 rings (SSSR count). The number of amides is 1. The van der Waals surface area contributed by atoms with Gasteiger partial charge in [-0.05, 0) is 18.2 Å². The van der Waals surface area contributed by atoms with Crippen molar-refractivity contribution in [2.75, 3.05) is 12.4 Å². The van der Waals surface area contributed by atoms with Gasteiger partial charge in [-0.15, -0.1) is 5.10 Å². The van der Waals surface area contributed by atoms with E-state index in [2.05, 4.69) is 15.5 Å². The summed E-state index contributed by atoms with van der Waals surface area (Å²) in [7, 11) is 1.26. The summed E-state index contributed by atoms with van der Waals surface area (Å²) in [5.74, 6) is -1.08. The van der Waals surface area contributed by atoms with Crippen LogP contribution in [0.1, 0.15) is 10.4 Å². The molecule has 0 saturated heterocycles. The van der Waals surface area contributed by atoms with Gasteiger partial charge in [-0.1, -0.05) is 42.5 Å². The maximum Gasteiger partial charge on any atom is 0.350 e. The molecule has 5 aromatic rings. The van der Waals surface area contributed by atoms with Gasteiger partial charge in [0.2, 0.25) is 5.91 Å². The molecule has 10 heteroatoms. The van der Waals surface area contributed by atoms with Gasteiger partial charge in [-0.3, -0.25) is 4.79 Å². The number of hydrogen-bond donors (Lipinski definition) is 1. The van der Waals surface area contributed by atoms with Crippen molar-refractivity contribution >= 4 is 28.7 Å². The monoisotopic (exact) mass is 442 g/mol. The van der Waals surface area contributed by atoms with Crippen LogP contribution in [0.25, 0.3) is 22.4 Å². The Hall–Kier alpha value is -4.73. The fourth-order valence-corrected chi connectivity index (χ4v) is 3.59. The Kier molecular flexibility index (Phi) is 4.94. The van der Waals surface area contributed by atoms with Crippen LogP contribution >= 0.6 is 0 Å². The van der Waals surface area contributed by atoms with Crippen LogP contribution in [0, 0.1) is 0 Å². The maximum atomic E-state index is 12.8. The van der Waals surface area contributed by atoms with Gasteiger partial charge in [0.05, 0.1) is 24.1 Å². The number of ether oxygens (including phenoxy) is 1. The zero-order chi connectivity index (χ0) is 22.9. The Morgan fingerprint density at radius 3 is 2.55 bits per heavy atom. The summed E-state index contributed by atoms with van der Waals surface area (Å²) >= 11 is 0. The first-order chi connectivity index (χ1) is 16.0. The zero-order valence-corrected chi connectivity index (χ0v) is 17.5. The number of carbonyl (C=O) groups excluding carboxylic acids is 2. The molecule has 0 radical (unpaired) electrons. The SMILES string of the molecule is COC(=O)c1ccccc1NC(=O)Cn1nc2c3cc(-c4ccccc4)nn3ccn2c1=O. The van der Waals surface area contributed by atoms with Crippen molar-refractivity contribution in [3.05, 3.63) is 89.1 Å². The lowest BCUT2D eigenvalue weighted by molar-refractivity contribution is -0.117. The van der Waals surface area contributed by atoms with Gasteiger partial charge < -0.3 is 10.1 Å². The Bertz CT molecular complexity index is 1560. The van der Waals surface area contributed by atoms with Gasteiger partial charge in [0, 0.05) is 18.0 Å². The summed E-state index contributed by atoms with van der Waals surface area (Å²) < 4.78 is 8.81. The molecule has 0 bridgehead atoms. The highest BCUT2D eigenvalue weighted by Crippen LogP contribution is 2.21. The van der Waals surface area contributed by atoms with Crippen molar-refractivity contribution in [3.63, 3.8) is 0 Å².